The Morgan fingerprint density at radius 3 is 2.86 bits per heavy atom. The summed E-state index contributed by atoms with van der Waals surface area (Å²) in [6.45, 7) is 2.23. The lowest BCUT2D eigenvalue weighted by molar-refractivity contribution is 0.799. The Hall–Kier alpha value is -1.30. The Kier molecular flexibility index (Phi) is 2.83. The van der Waals surface area contributed by atoms with Gasteiger partial charge in [0.05, 0.1) is 0 Å². The zero-order valence-electron chi connectivity index (χ0n) is 8.59. The fourth-order valence-corrected chi connectivity index (χ4v) is 1.80. The zero-order chi connectivity index (χ0) is 9.80. The smallest absolute Gasteiger partial charge is 0.00990 e. The van der Waals surface area contributed by atoms with E-state index in [4.69, 9.17) is 0 Å². The first-order valence-corrected chi connectivity index (χ1v) is 5.30. The number of fused-ring (bicyclic) bond motifs is 1. The fraction of sp³-hybridized carbons (Fsp3) is 0.286. The molecule has 2 rings (SSSR count). The topological polar surface area (TPSA) is 0 Å². The van der Waals surface area contributed by atoms with Crippen LogP contribution in [0, 0.1) is 6.07 Å². The molecule has 0 aliphatic rings. The molecule has 0 nitrogen and oxygen atoms in total. The molecular formula is C14H15. The third-order valence-corrected chi connectivity index (χ3v) is 2.60. The molecule has 0 bridgehead atoms. The van der Waals surface area contributed by atoms with Crippen molar-refractivity contribution in [3.8, 4) is 0 Å². The van der Waals surface area contributed by atoms with Crippen molar-refractivity contribution in [3.05, 3.63) is 48.0 Å². The third kappa shape index (κ3) is 1.79. The molecule has 1 radical (unpaired) electrons. The minimum absolute atomic E-state index is 1.19. The minimum atomic E-state index is 1.19. The maximum atomic E-state index is 3.27. The van der Waals surface area contributed by atoms with E-state index in [9.17, 15) is 0 Å². The molecule has 0 saturated carbocycles. The van der Waals surface area contributed by atoms with Crippen LogP contribution in [0.3, 0.4) is 0 Å². The third-order valence-electron chi connectivity index (χ3n) is 2.60. The number of unbranched alkanes of at least 4 members (excludes halogenated alkanes) is 1. The van der Waals surface area contributed by atoms with Crippen LogP contribution in [0.15, 0.2) is 36.4 Å². The summed E-state index contributed by atoms with van der Waals surface area (Å²) in [5, 5.41) is 2.60. The van der Waals surface area contributed by atoms with Gasteiger partial charge in [-0.2, -0.15) is 0 Å². The average molecular weight is 183 g/mol. The van der Waals surface area contributed by atoms with Gasteiger partial charge in [0.2, 0.25) is 0 Å². The Bertz CT molecular complexity index is 410. The van der Waals surface area contributed by atoms with E-state index in [0.29, 0.717) is 0 Å². The molecule has 0 atom stereocenters. The van der Waals surface area contributed by atoms with E-state index < -0.39 is 0 Å². The Morgan fingerprint density at radius 1 is 1.14 bits per heavy atom. The first kappa shape index (κ1) is 9.26. The quantitative estimate of drug-likeness (QED) is 0.675. The van der Waals surface area contributed by atoms with E-state index >= 15 is 0 Å². The summed E-state index contributed by atoms with van der Waals surface area (Å²) < 4.78 is 0. The highest BCUT2D eigenvalue weighted by atomic mass is 14.0. The first-order chi connectivity index (χ1) is 6.92. The number of rotatable bonds is 3. The Balaban J connectivity index is 2.43. The van der Waals surface area contributed by atoms with Gasteiger partial charge in [-0.05, 0) is 35.2 Å². The lowest BCUT2D eigenvalue weighted by Crippen LogP contribution is -1.86. The van der Waals surface area contributed by atoms with Crippen molar-refractivity contribution in [3.63, 3.8) is 0 Å². The van der Waals surface area contributed by atoms with Crippen molar-refractivity contribution in [1.82, 2.24) is 0 Å². The number of benzene rings is 2. The molecule has 14 heavy (non-hydrogen) atoms. The molecule has 0 fully saturated rings. The average Bonchev–Trinajstić information content (AvgIpc) is 2.26. The van der Waals surface area contributed by atoms with Crippen LogP contribution < -0.4 is 0 Å². The van der Waals surface area contributed by atoms with Crippen molar-refractivity contribution in [2.75, 3.05) is 0 Å². The molecule has 2 aromatic rings. The number of hydrogen-bond donors (Lipinski definition) is 0. The van der Waals surface area contributed by atoms with Crippen molar-refractivity contribution < 1.29 is 0 Å². The molecule has 0 aliphatic carbocycles. The number of hydrogen-bond acceptors (Lipinski definition) is 0. The Morgan fingerprint density at radius 2 is 2.00 bits per heavy atom. The molecule has 2 aromatic carbocycles. The second-order valence-electron chi connectivity index (χ2n) is 3.65. The number of aryl methyl sites for hydroxylation is 1. The van der Waals surface area contributed by atoms with Gasteiger partial charge in [-0.15, -0.1) is 0 Å². The summed E-state index contributed by atoms with van der Waals surface area (Å²) in [4.78, 5) is 0. The predicted octanol–water partition coefficient (Wildman–Crippen LogP) is 3.98. The molecule has 0 heterocycles. The molecule has 0 aromatic heterocycles. The highest BCUT2D eigenvalue weighted by molar-refractivity contribution is 5.85. The summed E-state index contributed by atoms with van der Waals surface area (Å²) >= 11 is 0. The molecule has 0 heteroatoms. The van der Waals surface area contributed by atoms with Crippen LogP contribution in [0.4, 0.5) is 0 Å². The Labute approximate surface area is 85.6 Å². The summed E-state index contributed by atoms with van der Waals surface area (Å²) in [5.41, 5.74) is 1.46. The SMILES string of the molecule is CCCCc1cc[c]c2ccccc12. The van der Waals surface area contributed by atoms with Crippen molar-refractivity contribution >= 4 is 10.8 Å². The molecular weight excluding hydrogens is 168 g/mol. The molecule has 0 unspecified atom stereocenters. The molecule has 0 N–H and O–H groups in total. The van der Waals surface area contributed by atoms with Gasteiger partial charge < -0.3 is 0 Å². The van der Waals surface area contributed by atoms with Crippen LogP contribution in [0.2, 0.25) is 0 Å². The maximum Gasteiger partial charge on any atom is -0.00990 e. The van der Waals surface area contributed by atoms with Crippen molar-refractivity contribution in [2.45, 2.75) is 26.2 Å². The van der Waals surface area contributed by atoms with Crippen LogP contribution in [-0.4, -0.2) is 0 Å². The van der Waals surface area contributed by atoms with Crippen molar-refractivity contribution in [1.29, 1.82) is 0 Å². The van der Waals surface area contributed by atoms with E-state index in [1.165, 1.54) is 35.6 Å². The van der Waals surface area contributed by atoms with E-state index in [0.717, 1.165) is 0 Å². The van der Waals surface area contributed by atoms with Crippen LogP contribution in [0.5, 0.6) is 0 Å². The van der Waals surface area contributed by atoms with Gasteiger partial charge in [-0.3, -0.25) is 0 Å². The van der Waals surface area contributed by atoms with E-state index in [1.54, 1.807) is 0 Å². The lowest BCUT2D eigenvalue weighted by Gasteiger charge is -2.04. The van der Waals surface area contributed by atoms with Crippen LogP contribution in [0.1, 0.15) is 25.3 Å². The van der Waals surface area contributed by atoms with Gasteiger partial charge in [-0.1, -0.05) is 49.7 Å². The highest BCUT2D eigenvalue weighted by Gasteiger charge is 1.98. The first-order valence-electron chi connectivity index (χ1n) is 5.30. The molecule has 0 aliphatic heterocycles. The summed E-state index contributed by atoms with van der Waals surface area (Å²) in [6.07, 6.45) is 3.71. The van der Waals surface area contributed by atoms with Crippen LogP contribution in [-0.2, 0) is 6.42 Å². The zero-order valence-corrected chi connectivity index (χ0v) is 8.59. The van der Waals surface area contributed by atoms with Gasteiger partial charge in [0, 0.05) is 0 Å². The van der Waals surface area contributed by atoms with Gasteiger partial charge in [0.1, 0.15) is 0 Å². The van der Waals surface area contributed by atoms with Gasteiger partial charge in [-0.25, -0.2) is 0 Å². The monoisotopic (exact) mass is 183 g/mol. The summed E-state index contributed by atoms with van der Waals surface area (Å²) in [6, 6.07) is 16.0. The summed E-state index contributed by atoms with van der Waals surface area (Å²) in [7, 11) is 0. The van der Waals surface area contributed by atoms with E-state index in [2.05, 4.69) is 43.3 Å². The van der Waals surface area contributed by atoms with Crippen LogP contribution in [0.25, 0.3) is 10.8 Å². The van der Waals surface area contributed by atoms with E-state index in [1.807, 2.05) is 6.07 Å². The second kappa shape index (κ2) is 4.28. The van der Waals surface area contributed by atoms with Gasteiger partial charge in [0.25, 0.3) is 0 Å². The highest BCUT2D eigenvalue weighted by Crippen LogP contribution is 2.19. The maximum absolute atomic E-state index is 3.27. The lowest BCUT2D eigenvalue weighted by atomic mass is 10.0. The molecule has 71 valence electrons. The van der Waals surface area contributed by atoms with E-state index in [-0.39, 0.29) is 0 Å². The minimum Gasteiger partial charge on any atom is -0.0654 e. The molecule has 0 saturated heterocycles. The van der Waals surface area contributed by atoms with Gasteiger partial charge in [0.15, 0.2) is 0 Å². The molecule has 0 amide bonds. The van der Waals surface area contributed by atoms with Crippen LogP contribution >= 0.6 is 0 Å². The normalized spacial score (nSPS) is 10.6. The van der Waals surface area contributed by atoms with Crippen molar-refractivity contribution in [2.24, 2.45) is 0 Å². The standard InChI is InChI=1S/C14H15/c1-2-3-7-12-9-6-10-13-8-4-5-11-14(12)13/h4-6,8-9,11H,2-3,7H2,1H3. The largest absolute Gasteiger partial charge is 0.0654 e. The summed E-state index contributed by atoms with van der Waals surface area (Å²) in [5.74, 6) is 0. The molecule has 0 spiro atoms. The predicted molar refractivity (Wildman–Crippen MR) is 61.4 cm³/mol. The second-order valence-corrected chi connectivity index (χ2v) is 3.65. The fourth-order valence-electron chi connectivity index (χ4n) is 1.80. The van der Waals surface area contributed by atoms with Gasteiger partial charge >= 0.3 is 0 Å².